The molecule has 328 valence electrons. The molecule has 3 aliphatic rings. The largest absolute Gasteiger partial charge is 0.505 e. The number of anilines is 1. The number of ether oxygens (including phenoxy) is 2. The molecule has 1 amide bonds. The molecule has 0 radical (unpaired) electrons. The summed E-state index contributed by atoms with van der Waals surface area (Å²) in [6.07, 6.45) is 2.69. The maximum atomic E-state index is 16.6. The van der Waals surface area contributed by atoms with Crippen LogP contribution in [0.2, 0.25) is 0 Å². The lowest BCUT2D eigenvalue weighted by Crippen LogP contribution is -2.50. The number of fused-ring (bicyclic) bond motifs is 4. The zero-order valence-corrected chi connectivity index (χ0v) is 37.0. The van der Waals surface area contributed by atoms with Gasteiger partial charge in [0, 0.05) is 47.3 Å². The van der Waals surface area contributed by atoms with Crippen LogP contribution in [0.25, 0.3) is 32.9 Å². The fourth-order valence-corrected chi connectivity index (χ4v) is 9.88. The molecule has 2 aliphatic heterocycles. The molecule has 7 aromatic rings. The lowest BCUT2D eigenvalue weighted by atomic mass is 9.77. The van der Waals surface area contributed by atoms with Gasteiger partial charge in [-0.25, -0.2) is 9.18 Å². The molecule has 12 heteroatoms. The van der Waals surface area contributed by atoms with Crippen molar-refractivity contribution in [2.24, 2.45) is 0 Å². The average Bonchev–Trinajstić information content (AvgIpc) is 3.72. The lowest BCUT2D eigenvalue weighted by molar-refractivity contribution is 0.0214. The van der Waals surface area contributed by atoms with Gasteiger partial charge in [0.2, 0.25) is 0 Å². The van der Waals surface area contributed by atoms with Crippen LogP contribution >= 0.6 is 0 Å². The second-order valence-corrected chi connectivity index (χ2v) is 18.8. The van der Waals surface area contributed by atoms with Gasteiger partial charge in [0.1, 0.15) is 40.1 Å². The third-order valence-electron chi connectivity index (χ3n) is 13.3. The molecule has 0 unspecified atom stereocenters. The molecule has 10 rings (SSSR count). The first-order valence-corrected chi connectivity index (χ1v) is 22.3. The Morgan fingerprint density at radius 1 is 0.828 bits per heavy atom. The van der Waals surface area contributed by atoms with Gasteiger partial charge in [0.05, 0.1) is 23.7 Å². The fraction of sp³-hybridized carbons (Fsp3) is 0.346. The Kier molecular flexibility index (Phi) is 10.1. The van der Waals surface area contributed by atoms with E-state index in [4.69, 9.17) is 24.5 Å². The van der Waals surface area contributed by atoms with Gasteiger partial charge in [0.15, 0.2) is 0 Å². The van der Waals surface area contributed by atoms with Crippen LogP contribution in [-0.4, -0.2) is 83.9 Å². The van der Waals surface area contributed by atoms with Gasteiger partial charge in [-0.1, -0.05) is 91.0 Å². The number of rotatable bonds is 10. The van der Waals surface area contributed by atoms with Crippen molar-refractivity contribution >= 4 is 33.7 Å². The molecule has 2 aromatic heterocycles. The summed E-state index contributed by atoms with van der Waals surface area (Å²) in [5.41, 5.74) is 4.31. The van der Waals surface area contributed by atoms with Crippen molar-refractivity contribution in [2.75, 3.05) is 18.0 Å². The molecule has 0 spiro atoms. The smallest absolute Gasteiger partial charge is 0.410 e. The van der Waals surface area contributed by atoms with E-state index in [9.17, 15) is 15.0 Å². The lowest BCUT2D eigenvalue weighted by Gasteiger charge is -2.36. The second-order valence-electron chi connectivity index (χ2n) is 18.8. The quantitative estimate of drug-likeness (QED) is 0.129. The Bertz CT molecular complexity index is 2800. The molecule has 3 fully saturated rings. The highest BCUT2D eigenvalue weighted by Crippen LogP contribution is 2.54. The number of aliphatic hydroxyl groups is 1. The molecule has 64 heavy (non-hydrogen) atoms. The van der Waals surface area contributed by atoms with E-state index in [1.165, 1.54) is 6.07 Å². The highest BCUT2D eigenvalue weighted by atomic mass is 19.1. The summed E-state index contributed by atoms with van der Waals surface area (Å²) in [4.78, 5) is 27.1. The van der Waals surface area contributed by atoms with Gasteiger partial charge < -0.3 is 29.5 Å². The van der Waals surface area contributed by atoms with Crippen molar-refractivity contribution in [3.8, 4) is 22.9 Å². The van der Waals surface area contributed by atoms with Crippen LogP contribution < -0.4 is 9.64 Å². The van der Waals surface area contributed by atoms with E-state index in [0.29, 0.717) is 51.9 Å². The summed E-state index contributed by atoms with van der Waals surface area (Å²) >= 11 is 0. The van der Waals surface area contributed by atoms with Gasteiger partial charge >= 0.3 is 12.1 Å². The number of nitrogens with zero attached hydrogens (tertiary/aromatic N) is 6. The molecule has 5 aromatic carbocycles. The molecule has 1 saturated carbocycles. The standard InChI is InChI=1S/C52H53FN6O5/c1-30-42(53)26-43-41(29-59(56-43)52(34-16-10-7-11-17-34,35-18-12-8-13-19-35)36-20-14-9-15-21-36)44(30)45-39(33-22-23-33)25-40-46(47(45)61)54-49(63-32(3)31(2)60)55-48(40)57-27-38-24-37(57)28-58(38)50(62)64-51(4,5)6/h7-21,25-26,29,31-33,37-38,60-61H,22-24,27-28H2,1-6H3/t31-,32-,37-,38-/m0/s1. The summed E-state index contributed by atoms with van der Waals surface area (Å²) in [6.45, 7) is 11.7. The predicted molar refractivity (Wildman–Crippen MR) is 245 cm³/mol. The molecule has 1 aliphatic carbocycles. The van der Waals surface area contributed by atoms with E-state index in [1.807, 2.05) is 86.2 Å². The van der Waals surface area contributed by atoms with Crippen LogP contribution in [-0.2, 0) is 10.3 Å². The predicted octanol–water partition coefficient (Wildman–Crippen LogP) is 9.86. The number of amides is 1. The Hall–Kier alpha value is -6.53. The van der Waals surface area contributed by atoms with E-state index in [-0.39, 0.29) is 41.4 Å². The maximum Gasteiger partial charge on any atom is 0.410 e. The highest BCUT2D eigenvalue weighted by Gasteiger charge is 2.48. The monoisotopic (exact) mass is 860 g/mol. The number of benzene rings is 5. The minimum Gasteiger partial charge on any atom is -0.505 e. The van der Waals surface area contributed by atoms with E-state index in [0.717, 1.165) is 41.5 Å². The van der Waals surface area contributed by atoms with Crippen molar-refractivity contribution in [3.05, 3.63) is 143 Å². The van der Waals surface area contributed by atoms with E-state index >= 15 is 4.39 Å². The summed E-state index contributed by atoms with van der Waals surface area (Å²) < 4.78 is 30.5. The van der Waals surface area contributed by atoms with Gasteiger partial charge in [-0.05, 0) is 101 Å². The van der Waals surface area contributed by atoms with Crippen molar-refractivity contribution < 1.29 is 28.9 Å². The number of aromatic nitrogens is 4. The highest BCUT2D eigenvalue weighted by molar-refractivity contribution is 6.06. The number of halogens is 1. The van der Waals surface area contributed by atoms with Crippen molar-refractivity contribution in [3.63, 3.8) is 0 Å². The van der Waals surface area contributed by atoms with Gasteiger partial charge in [-0.15, -0.1) is 0 Å². The van der Waals surface area contributed by atoms with Crippen LogP contribution in [0, 0.1) is 12.7 Å². The first-order chi connectivity index (χ1) is 30.7. The first kappa shape index (κ1) is 41.5. The minimum absolute atomic E-state index is 0.00427. The van der Waals surface area contributed by atoms with Crippen LogP contribution in [0.1, 0.15) is 87.6 Å². The zero-order valence-electron chi connectivity index (χ0n) is 37.0. The minimum atomic E-state index is -0.960. The zero-order chi connectivity index (χ0) is 44.7. The van der Waals surface area contributed by atoms with Crippen molar-refractivity contribution in [1.29, 1.82) is 0 Å². The summed E-state index contributed by atoms with van der Waals surface area (Å²) in [5, 5.41) is 29.9. The Balaban J connectivity index is 1.19. The van der Waals surface area contributed by atoms with Gasteiger partial charge in [-0.3, -0.25) is 4.68 Å². The summed E-state index contributed by atoms with van der Waals surface area (Å²) in [6, 6.07) is 34.0. The van der Waals surface area contributed by atoms with Gasteiger partial charge in [0.25, 0.3) is 0 Å². The molecule has 4 heterocycles. The second kappa shape index (κ2) is 15.6. The summed E-state index contributed by atoms with van der Waals surface area (Å²) in [7, 11) is 0. The number of piperazine rings is 1. The third-order valence-corrected chi connectivity index (χ3v) is 13.3. The third kappa shape index (κ3) is 6.99. The molecule has 11 nitrogen and oxygen atoms in total. The Morgan fingerprint density at radius 3 is 1.97 bits per heavy atom. The number of aromatic hydroxyl groups is 1. The molecule has 2 saturated heterocycles. The van der Waals surface area contributed by atoms with Crippen molar-refractivity contribution in [2.45, 2.75) is 102 Å². The Morgan fingerprint density at radius 2 is 1.44 bits per heavy atom. The number of phenolic OH excluding ortho intramolecular Hbond substituents is 1. The van der Waals surface area contributed by atoms with Crippen LogP contribution in [0.15, 0.2) is 109 Å². The van der Waals surface area contributed by atoms with Crippen molar-refractivity contribution in [1.82, 2.24) is 24.6 Å². The van der Waals surface area contributed by atoms with Crippen LogP contribution in [0.5, 0.6) is 11.8 Å². The SMILES string of the molecule is Cc1c(F)cc2nn(C(c3ccccc3)(c3ccccc3)c3ccccc3)cc2c1-c1c(C2CC2)cc2c(N3C[C@@H]4C[C@H]3CN4C(=O)OC(C)(C)C)nc(O[C@@H](C)[C@H](C)O)nc2c1O. The van der Waals surface area contributed by atoms with E-state index in [2.05, 4.69) is 47.4 Å². The number of carbonyl (C=O) groups excluding carboxylic acids is 1. The average molecular weight is 861 g/mol. The number of likely N-dealkylation sites (tertiary alicyclic amines) is 1. The first-order valence-electron chi connectivity index (χ1n) is 22.3. The van der Waals surface area contributed by atoms with Crippen LogP contribution in [0.3, 0.4) is 0 Å². The van der Waals surface area contributed by atoms with E-state index < -0.39 is 29.2 Å². The fourth-order valence-electron chi connectivity index (χ4n) is 9.88. The topological polar surface area (TPSA) is 126 Å². The van der Waals surface area contributed by atoms with Crippen LogP contribution in [0.4, 0.5) is 15.0 Å². The number of hydrogen-bond acceptors (Lipinski definition) is 9. The van der Waals surface area contributed by atoms with Gasteiger partial charge in [-0.2, -0.15) is 15.1 Å². The number of phenols is 1. The molecule has 4 atom stereocenters. The molecular weight excluding hydrogens is 808 g/mol. The summed E-state index contributed by atoms with van der Waals surface area (Å²) in [5.74, 6) is 0.122. The molecular formula is C52H53FN6O5. The normalized spacial score (nSPS) is 18.5. The maximum absolute atomic E-state index is 16.6. The van der Waals surface area contributed by atoms with E-state index in [1.54, 1.807) is 25.7 Å². The molecule has 2 N–H and O–H groups in total. The molecule has 2 bridgehead atoms. The Labute approximate surface area is 372 Å². The number of aliphatic hydroxyl groups excluding tert-OH is 1. The number of hydrogen-bond donors (Lipinski definition) is 2. The number of carbonyl (C=O) groups is 1.